The molecule has 3 aliphatic rings. The van der Waals surface area contributed by atoms with E-state index in [4.69, 9.17) is 38.7 Å². The van der Waals surface area contributed by atoms with Crippen molar-refractivity contribution in [2.45, 2.75) is 142 Å². The molecule has 17 nitrogen and oxygen atoms in total. The molecule has 14 atom stereocenters. The highest BCUT2D eigenvalue weighted by molar-refractivity contribution is 6.00. The zero-order chi connectivity index (χ0) is 47.8. The van der Waals surface area contributed by atoms with Crippen LogP contribution in [0.3, 0.4) is 0 Å². The van der Waals surface area contributed by atoms with Gasteiger partial charge in [0.25, 0.3) is 0 Å². The maximum atomic E-state index is 14.8. The Hall–Kier alpha value is -5.35. The van der Waals surface area contributed by atoms with Gasteiger partial charge in [0.2, 0.25) is 0 Å². The van der Waals surface area contributed by atoms with Gasteiger partial charge < -0.3 is 38.1 Å². The molecule has 17 heteroatoms. The van der Waals surface area contributed by atoms with Crippen molar-refractivity contribution >= 4 is 35.6 Å². The van der Waals surface area contributed by atoms with Gasteiger partial charge >= 0.3 is 24.0 Å². The summed E-state index contributed by atoms with van der Waals surface area (Å²) in [4.78, 5) is 88.7. The first-order chi connectivity index (χ1) is 30.8. The third kappa shape index (κ3) is 11.0. The number of carbonyl (C=O) groups excluding carboxylic acids is 6. The highest BCUT2D eigenvalue weighted by Crippen LogP contribution is 2.43. The van der Waals surface area contributed by atoms with Crippen LogP contribution in [0.15, 0.2) is 65.8 Å². The number of nitrogens with zero attached hydrogens (tertiary/aromatic N) is 4. The molecule has 5 rings (SSSR count). The van der Waals surface area contributed by atoms with E-state index in [0.29, 0.717) is 18.4 Å². The second-order valence-corrected chi connectivity index (χ2v) is 18.0. The molecule has 0 radical (unpaired) electrons. The minimum atomic E-state index is -1.49. The normalized spacial score (nSPS) is 34.6. The Morgan fingerprint density at radius 2 is 1.43 bits per heavy atom. The number of ketones is 2. The van der Waals surface area contributed by atoms with Gasteiger partial charge in [-0.2, -0.15) is 0 Å². The van der Waals surface area contributed by atoms with Crippen LogP contribution in [-0.2, 0) is 47.5 Å². The molecule has 0 N–H and O–H groups in total. The molecule has 0 saturated carbocycles. The SMILES string of the molecule is CC[C@H]1OC(=O)[C@H](C)C(=O)[C@H](C)[C@@H](OC2OC(C)C(OC(=O)c3ccccc3)C(C)C2OC(=O)c2ccccc2)[C@@](C)(OC)C[C@@H](C)C(=O)[C@H](C)[C@H]2N(CCCCN=[N+]=[N-])C(=O)O[C@]12C. The number of Topliss-reactive ketones (excluding diaryl/α,β-unsaturated/α-hetero) is 2. The number of amides is 1. The van der Waals surface area contributed by atoms with Gasteiger partial charge in [-0.25, -0.2) is 14.4 Å². The van der Waals surface area contributed by atoms with E-state index in [1.165, 1.54) is 18.9 Å². The summed E-state index contributed by atoms with van der Waals surface area (Å²) in [5.41, 5.74) is 6.38. The Morgan fingerprint density at radius 3 is 1.98 bits per heavy atom. The highest BCUT2D eigenvalue weighted by atomic mass is 16.7. The van der Waals surface area contributed by atoms with Gasteiger partial charge in [-0.3, -0.25) is 14.4 Å². The Kier molecular flexibility index (Phi) is 17.0. The molecule has 2 aromatic rings. The summed E-state index contributed by atoms with van der Waals surface area (Å²) >= 11 is 0. The van der Waals surface area contributed by atoms with E-state index in [0.717, 1.165) is 0 Å². The molecule has 1 amide bonds. The number of unbranched alkanes of at least 4 members (excludes halogenated alkanes) is 1. The Bertz CT molecular complexity index is 2070. The Labute approximate surface area is 380 Å². The number of azide groups is 1. The summed E-state index contributed by atoms with van der Waals surface area (Å²) in [5.74, 6) is -7.81. The van der Waals surface area contributed by atoms with Crippen LogP contribution < -0.4 is 0 Å². The first kappa shape index (κ1) is 50.6. The lowest BCUT2D eigenvalue weighted by molar-refractivity contribution is -0.311. The van der Waals surface area contributed by atoms with E-state index in [9.17, 15) is 28.8 Å². The maximum absolute atomic E-state index is 14.8. The summed E-state index contributed by atoms with van der Waals surface area (Å²) in [6, 6.07) is 15.9. The van der Waals surface area contributed by atoms with Gasteiger partial charge in [0.05, 0.1) is 35.0 Å². The van der Waals surface area contributed by atoms with Crippen molar-refractivity contribution in [2.24, 2.45) is 34.7 Å². The van der Waals surface area contributed by atoms with Gasteiger partial charge in [0.15, 0.2) is 23.8 Å². The molecule has 2 aromatic carbocycles. The molecule has 3 fully saturated rings. The number of fused-ring (bicyclic) bond motifs is 1. The van der Waals surface area contributed by atoms with E-state index in [1.807, 2.05) is 0 Å². The predicted molar refractivity (Wildman–Crippen MR) is 235 cm³/mol. The number of benzene rings is 2. The zero-order valence-electron chi connectivity index (χ0n) is 39.0. The van der Waals surface area contributed by atoms with Crippen molar-refractivity contribution in [3.8, 4) is 0 Å². The lowest BCUT2D eigenvalue weighted by Crippen LogP contribution is -2.61. The quantitative estimate of drug-likeness (QED) is 0.0359. The van der Waals surface area contributed by atoms with Crippen molar-refractivity contribution in [1.29, 1.82) is 0 Å². The Balaban J connectivity index is 1.54. The van der Waals surface area contributed by atoms with E-state index in [2.05, 4.69) is 10.0 Å². The van der Waals surface area contributed by atoms with Crippen LogP contribution in [0.1, 0.15) is 109 Å². The van der Waals surface area contributed by atoms with Crippen LogP contribution in [0, 0.1) is 29.6 Å². The van der Waals surface area contributed by atoms with Crippen molar-refractivity contribution in [3.63, 3.8) is 0 Å². The fourth-order valence-corrected chi connectivity index (χ4v) is 9.80. The van der Waals surface area contributed by atoms with Crippen LogP contribution in [0.25, 0.3) is 10.4 Å². The van der Waals surface area contributed by atoms with Crippen molar-refractivity contribution in [3.05, 3.63) is 82.2 Å². The molecule has 3 saturated heterocycles. The number of carbonyl (C=O) groups is 6. The summed E-state index contributed by atoms with van der Waals surface area (Å²) in [5, 5.41) is 3.59. The first-order valence-corrected chi connectivity index (χ1v) is 22.5. The van der Waals surface area contributed by atoms with Gasteiger partial charge in [-0.05, 0) is 83.2 Å². The molecule has 0 bridgehead atoms. The number of esters is 3. The van der Waals surface area contributed by atoms with Gasteiger partial charge in [-0.15, -0.1) is 0 Å². The monoisotopic (exact) mass is 904 g/mol. The summed E-state index contributed by atoms with van der Waals surface area (Å²) < 4.78 is 44.0. The average molecular weight is 905 g/mol. The molecule has 3 heterocycles. The van der Waals surface area contributed by atoms with Gasteiger partial charge in [-0.1, -0.05) is 76.1 Å². The van der Waals surface area contributed by atoms with E-state index in [-0.39, 0.29) is 37.3 Å². The average Bonchev–Trinajstić information content (AvgIpc) is 3.56. The fraction of sp³-hybridized carbons (Fsp3) is 0.625. The third-order valence-electron chi connectivity index (χ3n) is 13.5. The smallest absolute Gasteiger partial charge is 0.410 e. The number of hydrogen-bond acceptors (Lipinski definition) is 14. The summed E-state index contributed by atoms with van der Waals surface area (Å²) in [7, 11) is 1.43. The molecule has 0 spiro atoms. The number of methoxy groups -OCH3 is 1. The molecule has 3 aliphatic heterocycles. The molecular weight excluding hydrogens is 841 g/mol. The van der Waals surface area contributed by atoms with E-state index >= 15 is 0 Å². The summed E-state index contributed by atoms with van der Waals surface area (Å²) in [6.45, 7) is 15.4. The van der Waals surface area contributed by atoms with Crippen molar-refractivity contribution in [2.75, 3.05) is 20.2 Å². The van der Waals surface area contributed by atoms with Crippen LogP contribution in [0.4, 0.5) is 4.79 Å². The first-order valence-electron chi connectivity index (χ1n) is 22.5. The van der Waals surface area contributed by atoms with Crippen LogP contribution in [-0.4, -0.2) is 115 Å². The van der Waals surface area contributed by atoms with Gasteiger partial charge in [0.1, 0.15) is 23.9 Å². The summed E-state index contributed by atoms with van der Waals surface area (Å²) in [6.07, 6.45) is -6.20. The lowest BCUT2D eigenvalue weighted by Gasteiger charge is -2.48. The zero-order valence-corrected chi connectivity index (χ0v) is 39.0. The molecule has 65 heavy (non-hydrogen) atoms. The number of cyclic esters (lactones) is 1. The molecular formula is C48H64N4O13. The topological polar surface area (TPSA) is 219 Å². The molecule has 354 valence electrons. The van der Waals surface area contributed by atoms with Gasteiger partial charge in [0, 0.05) is 48.8 Å². The van der Waals surface area contributed by atoms with Crippen LogP contribution >= 0.6 is 0 Å². The number of hydrogen-bond donors (Lipinski definition) is 0. The lowest BCUT2D eigenvalue weighted by atomic mass is 9.73. The minimum absolute atomic E-state index is 0.000986. The maximum Gasteiger partial charge on any atom is 0.410 e. The van der Waals surface area contributed by atoms with Crippen molar-refractivity contribution < 1.29 is 61.9 Å². The van der Waals surface area contributed by atoms with E-state index in [1.54, 1.807) is 116 Å². The molecule has 0 aliphatic carbocycles. The number of ether oxygens (including phenoxy) is 7. The Morgan fingerprint density at radius 1 is 0.846 bits per heavy atom. The highest BCUT2D eigenvalue weighted by Gasteiger charge is 2.60. The number of rotatable bonds is 13. The molecule has 0 aromatic heterocycles. The fourth-order valence-electron chi connectivity index (χ4n) is 9.80. The third-order valence-corrected chi connectivity index (χ3v) is 13.5. The largest absolute Gasteiger partial charge is 0.458 e. The molecule has 5 unspecified atom stereocenters. The van der Waals surface area contributed by atoms with Crippen LogP contribution in [0.5, 0.6) is 0 Å². The standard InChI is InChI=1S/C48H64N4O13/c1-11-35-48(9)40(52(46(58)65-48)25-19-18-24-50-51-49)28(3)36(53)27(2)26-47(8,59-10)41(29(4)37(54)30(5)42(55)61-35)64-45-39(63-44(57)34-22-16-13-17-23-34)31(6)38(32(7)60-45)62-43(56)33-20-14-12-15-21-33/h12-17,20-23,27-32,35,38-41,45H,11,18-19,24-26H2,1-10H3/t27-,28+,29+,30-,31?,32?,35-,38?,39?,40-,41-,45?,47+,48-/m1/s1. The van der Waals surface area contributed by atoms with Crippen LogP contribution in [0.2, 0.25) is 0 Å². The van der Waals surface area contributed by atoms with Crippen molar-refractivity contribution in [1.82, 2.24) is 4.90 Å². The second-order valence-electron chi connectivity index (χ2n) is 18.0. The van der Waals surface area contributed by atoms with E-state index < -0.39 is 113 Å². The second kappa shape index (κ2) is 21.8. The minimum Gasteiger partial charge on any atom is -0.458 e. The predicted octanol–water partition coefficient (Wildman–Crippen LogP) is 7.69.